The molecule has 1 heterocycles. The van der Waals surface area contributed by atoms with E-state index >= 15 is 0 Å². The van der Waals surface area contributed by atoms with E-state index in [4.69, 9.17) is 23.2 Å². The fraction of sp³-hybridized carbons (Fsp3) is 0.263. The molecule has 25 heavy (non-hydrogen) atoms. The molecular weight excluding hydrogens is 359 g/mol. The number of anilines is 2. The van der Waals surface area contributed by atoms with Crippen LogP contribution in [0.2, 0.25) is 10.0 Å². The monoisotopic (exact) mass is 374 g/mol. The van der Waals surface area contributed by atoms with Crippen LogP contribution in [0.25, 0.3) is 0 Å². The number of rotatable bonds is 3. The van der Waals surface area contributed by atoms with Gasteiger partial charge in [0.25, 0.3) is 5.91 Å². The smallest absolute Gasteiger partial charge is 0.257 e. The average molecular weight is 375 g/mol. The summed E-state index contributed by atoms with van der Waals surface area (Å²) in [6.07, 6.45) is 2.81. The zero-order chi connectivity index (χ0) is 17.6. The van der Waals surface area contributed by atoms with Crippen molar-refractivity contribution in [2.24, 2.45) is 5.92 Å². The van der Waals surface area contributed by atoms with Crippen LogP contribution >= 0.6 is 23.2 Å². The van der Waals surface area contributed by atoms with Gasteiger partial charge in [-0.15, -0.1) is 0 Å². The zero-order valence-electron chi connectivity index (χ0n) is 13.4. The minimum absolute atomic E-state index is 0.175. The predicted octanol–water partition coefficient (Wildman–Crippen LogP) is 4.54. The van der Waals surface area contributed by atoms with Crippen LogP contribution in [0.4, 0.5) is 11.4 Å². The number of nitrogens with zero attached hydrogens (tertiary/aromatic N) is 1. The number of halogens is 2. The topological polar surface area (TPSA) is 49.4 Å². The first-order valence-electron chi connectivity index (χ1n) is 8.23. The summed E-state index contributed by atoms with van der Waals surface area (Å²) in [6.45, 7) is 0.711. The van der Waals surface area contributed by atoms with Crippen molar-refractivity contribution in [1.82, 2.24) is 0 Å². The van der Waals surface area contributed by atoms with E-state index in [9.17, 15) is 9.59 Å². The van der Waals surface area contributed by atoms with E-state index in [0.717, 1.165) is 30.5 Å². The van der Waals surface area contributed by atoms with Gasteiger partial charge in [0.15, 0.2) is 0 Å². The van der Waals surface area contributed by atoms with Gasteiger partial charge in [-0.25, -0.2) is 0 Å². The molecule has 2 aromatic carbocycles. The lowest BCUT2D eigenvalue weighted by Crippen LogP contribution is -2.30. The molecule has 0 unspecified atom stereocenters. The molecule has 1 aliphatic heterocycles. The van der Waals surface area contributed by atoms with Gasteiger partial charge in [0.1, 0.15) is 0 Å². The first kappa shape index (κ1) is 16.4. The van der Waals surface area contributed by atoms with Crippen LogP contribution in [-0.2, 0) is 11.2 Å². The molecule has 1 saturated carbocycles. The van der Waals surface area contributed by atoms with Crippen LogP contribution in [0.15, 0.2) is 36.4 Å². The Balaban J connectivity index is 1.58. The van der Waals surface area contributed by atoms with E-state index in [1.807, 2.05) is 23.1 Å². The summed E-state index contributed by atoms with van der Waals surface area (Å²) < 4.78 is 0. The summed E-state index contributed by atoms with van der Waals surface area (Å²) in [6, 6.07) is 10.4. The molecule has 0 saturated heterocycles. The number of fused-ring (bicyclic) bond motifs is 1. The molecule has 0 aromatic heterocycles. The average Bonchev–Trinajstić information content (AvgIpc) is 3.36. The molecule has 1 N–H and O–H groups in total. The van der Waals surface area contributed by atoms with Gasteiger partial charge in [-0.05, 0) is 55.2 Å². The number of hydrogen-bond acceptors (Lipinski definition) is 2. The van der Waals surface area contributed by atoms with Gasteiger partial charge in [0.2, 0.25) is 5.91 Å². The fourth-order valence-corrected chi connectivity index (χ4v) is 3.48. The minimum atomic E-state index is -0.328. The Morgan fingerprint density at radius 1 is 1.08 bits per heavy atom. The van der Waals surface area contributed by atoms with Gasteiger partial charge >= 0.3 is 0 Å². The lowest BCUT2D eigenvalue weighted by molar-refractivity contribution is -0.119. The van der Waals surface area contributed by atoms with Gasteiger partial charge in [-0.3, -0.25) is 9.59 Å². The van der Waals surface area contributed by atoms with E-state index in [0.29, 0.717) is 27.8 Å². The molecule has 0 spiro atoms. The molecule has 2 amide bonds. The number of benzene rings is 2. The van der Waals surface area contributed by atoms with Crippen molar-refractivity contribution in [1.29, 1.82) is 0 Å². The molecule has 1 aliphatic carbocycles. The molecule has 2 aromatic rings. The second-order valence-electron chi connectivity index (χ2n) is 6.44. The minimum Gasteiger partial charge on any atom is -0.322 e. The van der Waals surface area contributed by atoms with E-state index in [2.05, 4.69) is 5.32 Å². The summed E-state index contributed by atoms with van der Waals surface area (Å²) in [7, 11) is 0. The van der Waals surface area contributed by atoms with Crippen LogP contribution in [0, 0.1) is 5.92 Å². The van der Waals surface area contributed by atoms with Crippen LogP contribution in [0.3, 0.4) is 0 Å². The van der Waals surface area contributed by atoms with Crippen molar-refractivity contribution < 1.29 is 9.59 Å². The number of amides is 2. The Labute approximate surface area is 155 Å². The van der Waals surface area contributed by atoms with Gasteiger partial charge in [0, 0.05) is 28.9 Å². The highest BCUT2D eigenvalue weighted by Gasteiger charge is 2.36. The Hall–Kier alpha value is -2.04. The van der Waals surface area contributed by atoms with Crippen molar-refractivity contribution in [3.8, 4) is 0 Å². The Kier molecular flexibility index (Phi) is 4.18. The van der Waals surface area contributed by atoms with Crippen LogP contribution < -0.4 is 10.2 Å². The quantitative estimate of drug-likeness (QED) is 0.856. The van der Waals surface area contributed by atoms with Gasteiger partial charge in [-0.2, -0.15) is 0 Å². The number of nitrogens with one attached hydrogen (secondary N) is 1. The number of carbonyl (C=O) groups excluding carboxylic acids is 2. The number of carbonyl (C=O) groups is 2. The summed E-state index contributed by atoms with van der Waals surface area (Å²) in [4.78, 5) is 26.7. The van der Waals surface area contributed by atoms with Crippen LogP contribution in [0.1, 0.15) is 28.8 Å². The van der Waals surface area contributed by atoms with Gasteiger partial charge in [-0.1, -0.05) is 29.3 Å². The molecule has 1 fully saturated rings. The lowest BCUT2D eigenvalue weighted by Gasteiger charge is -2.18. The fourth-order valence-electron chi connectivity index (χ4n) is 3.11. The summed E-state index contributed by atoms with van der Waals surface area (Å²) >= 11 is 12.0. The Morgan fingerprint density at radius 3 is 2.64 bits per heavy atom. The standard InChI is InChI=1S/C19H16Cl2N2O2/c20-13-4-6-16(21)15(9-13)18(24)22-14-5-3-11-7-8-23(17(11)10-14)19(25)12-1-2-12/h3-6,9-10,12H,1-2,7-8H2,(H,22,24). The van der Waals surface area contributed by atoms with Crippen molar-refractivity contribution in [3.63, 3.8) is 0 Å². The molecule has 4 nitrogen and oxygen atoms in total. The second-order valence-corrected chi connectivity index (χ2v) is 7.28. The van der Waals surface area contributed by atoms with E-state index < -0.39 is 0 Å². The third-order valence-electron chi connectivity index (χ3n) is 4.60. The van der Waals surface area contributed by atoms with Crippen LogP contribution in [-0.4, -0.2) is 18.4 Å². The zero-order valence-corrected chi connectivity index (χ0v) is 14.9. The molecule has 0 radical (unpaired) electrons. The van der Waals surface area contributed by atoms with E-state index in [1.54, 1.807) is 12.1 Å². The molecule has 128 valence electrons. The third-order valence-corrected chi connectivity index (χ3v) is 5.17. The molecule has 0 atom stereocenters. The van der Waals surface area contributed by atoms with E-state index in [-0.39, 0.29) is 17.7 Å². The summed E-state index contributed by atoms with van der Waals surface area (Å²) in [5.41, 5.74) is 2.98. The summed E-state index contributed by atoms with van der Waals surface area (Å²) in [5.74, 6) is 0.0418. The largest absolute Gasteiger partial charge is 0.322 e. The molecular formula is C19H16Cl2N2O2. The SMILES string of the molecule is O=C(Nc1ccc2c(c1)N(C(=O)C1CC1)CC2)c1cc(Cl)ccc1Cl. The number of hydrogen-bond donors (Lipinski definition) is 1. The highest BCUT2D eigenvalue weighted by Crippen LogP contribution is 2.37. The Morgan fingerprint density at radius 2 is 1.88 bits per heavy atom. The maximum atomic E-state index is 12.5. The van der Waals surface area contributed by atoms with Crippen LogP contribution in [0.5, 0.6) is 0 Å². The highest BCUT2D eigenvalue weighted by atomic mass is 35.5. The lowest BCUT2D eigenvalue weighted by atomic mass is 10.1. The van der Waals surface area contributed by atoms with Crippen molar-refractivity contribution in [2.75, 3.05) is 16.8 Å². The molecule has 4 rings (SSSR count). The first-order valence-corrected chi connectivity index (χ1v) is 8.99. The highest BCUT2D eigenvalue weighted by molar-refractivity contribution is 6.36. The second kappa shape index (κ2) is 6.36. The van der Waals surface area contributed by atoms with E-state index in [1.165, 1.54) is 6.07 Å². The van der Waals surface area contributed by atoms with Gasteiger partial charge < -0.3 is 10.2 Å². The summed E-state index contributed by atoms with van der Waals surface area (Å²) in [5, 5.41) is 3.63. The third kappa shape index (κ3) is 3.24. The molecule has 6 heteroatoms. The maximum Gasteiger partial charge on any atom is 0.257 e. The maximum absolute atomic E-state index is 12.5. The van der Waals surface area contributed by atoms with Crippen molar-refractivity contribution >= 4 is 46.4 Å². The Bertz CT molecular complexity index is 878. The normalized spacial score (nSPS) is 15.8. The van der Waals surface area contributed by atoms with Crippen molar-refractivity contribution in [3.05, 3.63) is 57.6 Å². The van der Waals surface area contributed by atoms with Gasteiger partial charge in [0.05, 0.1) is 10.6 Å². The first-order chi connectivity index (χ1) is 12.0. The molecule has 0 bridgehead atoms. The van der Waals surface area contributed by atoms with Crippen molar-refractivity contribution in [2.45, 2.75) is 19.3 Å². The predicted molar refractivity (Wildman–Crippen MR) is 99.6 cm³/mol. The molecule has 2 aliphatic rings.